The number of furan rings is 1. The van der Waals surface area contributed by atoms with Crippen molar-refractivity contribution in [2.75, 3.05) is 31.5 Å². The molecule has 2 rings (SSSR count). The maximum atomic E-state index is 6.11. The van der Waals surface area contributed by atoms with Gasteiger partial charge in [0.2, 0.25) is 0 Å². The van der Waals surface area contributed by atoms with E-state index >= 15 is 0 Å². The van der Waals surface area contributed by atoms with Crippen molar-refractivity contribution in [2.24, 2.45) is 0 Å². The highest BCUT2D eigenvalue weighted by Crippen LogP contribution is 2.20. The lowest BCUT2D eigenvalue weighted by Crippen LogP contribution is -3.11. The normalized spacial score (nSPS) is 11.0. The fourth-order valence-electron chi connectivity index (χ4n) is 2.89. The highest BCUT2D eigenvalue weighted by Gasteiger charge is 2.14. The van der Waals surface area contributed by atoms with Gasteiger partial charge in [-0.15, -0.1) is 0 Å². The molecule has 0 aliphatic carbocycles. The molecule has 0 saturated heterocycles. The van der Waals surface area contributed by atoms with Crippen molar-refractivity contribution >= 4 is 34.6 Å². The van der Waals surface area contributed by atoms with Crippen LogP contribution >= 0.6 is 23.8 Å². The van der Waals surface area contributed by atoms with Crippen LogP contribution in [-0.4, -0.2) is 36.2 Å². The van der Waals surface area contributed by atoms with Gasteiger partial charge in [0.25, 0.3) is 0 Å². The third kappa shape index (κ3) is 6.31. The zero-order valence-corrected chi connectivity index (χ0v) is 17.4. The molecule has 0 amide bonds. The molecule has 142 valence electrons. The molecule has 0 bridgehead atoms. The molecule has 0 spiro atoms. The molecule has 6 heteroatoms. The van der Waals surface area contributed by atoms with Gasteiger partial charge in [0, 0.05) is 23.7 Å². The molecule has 0 fully saturated rings. The van der Waals surface area contributed by atoms with Crippen molar-refractivity contribution in [3.63, 3.8) is 0 Å². The summed E-state index contributed by atoms with van der Waals surface area (Å²) in [5, 5.41) is 4.81. The van der Waals surface area contributed by atoms with Crippen molar-refractivity contribution in [3.05, 3.63) is 52.9 Å². The number of rotatable bonds is 9. The van der Waals surface area contributed by atoms with Crippen molar-refractivity contribution in [3.8, 4) is 0 Å². The zero-order chi connectivity index (χ0) is 18.9. The number of thiocarbonyl (C=S) groups is 1. The van der Waals surface area contributed by atoms with Crippen LogP contribution < -0.4 is 10.2 Å². The third-order valence-corrected chi connectivity index (χ3v) is 5.37. The Hall–Kier alpha value is -1.56. The summed E-state index contributed by atoms with van der Waals surface area (Å²) in [6, 6.07) is 9.75. The fraction of sp³-hybridized carbons (Fsp3) is 0.450. The largest absolute Gasteiger partial charge is 0.467 e. The molecule has 2 N–H and O–H groups in total. The van der Waals surface area contributed by atoms with E-state index in [0.29, 0.717) is 11.7 Å². The molecular weight excluding hydrogens is 366 g/mol. The summed E-state index contributed by atoms with van der Waals surface area (Å²) < 4.78 is 5.52. The van der Waals surface area contributed by atoms with Gasteiger partial charge in [-0.25, -0.2) is 0 Å². The summed E-state index contributed by atoms with van der Waals surface area (Å²) in [6.45, 7) is 11.5. The van der Waals surface area contributed by atoms with Gasteiger partial charge >= 0.3 is 0 Å². The first-order valence-electron chi connectivity index (χ1n) is 9.21. The van der Waals surface area contributed by atoms with Crippen molar-refractivity contribution in [1.82, 2.24) is 4.90 Å². The van der Waals surface area contributed by atoms with E-state index in [2.05, 4.69) is 24.1 Å². The molecule has 0 radical (unpaired) electrons. The van der Waals surface area contributed by atoms with E-state index in [9.17, 15) is 0 Å². The Morgan fingerprint density at radius 2 is 2.04 bits per heavy atom. The number of hydrogen-bond acceptors (Lipinski definition) is 2. The van der Waals surface area contributed by atoms with E-state index in [1.807, 2.05) is 37.3 Å². The Kier molecular flexibility index (Phi) is 8.42. The summed E-state index contributed by atoms with van der Waals surface area (Å²) in [6.07, 6.45) is 2.78. The first-order chi connectivity index (χ1) is 12.5. The van der Waals surface area contributed by atoms with Crippen LogP contribution in [0.1, 0.15) is 31.6 Å². The highest BCUT2D eigenvalue weighted by molar-refractivity contribution is 7.80. The van der Waals surface area contributed by atoms with Crippen LogP contribution in [0.4, 0.5) is 5.69 Å². The molecule has 1 aromatic heterocycles. The average Bonchev–Trinajstić information content (AvgIpc) is 3.14. The number of nitrogens with one attached hydrogen (secondary N) is 2. The summed E-state index contributed by atoms with van der Waals surface area (Å²) in [4.78, 5) is 3.77. The second kappa shape index (κ2) is 10.6. The predicted molar refractivity (Wildman–Crippen MR) is 113 cm³/mol. The maximum Gasteiger partial charge on any atom is 0.173 e. The topological polar surface area (TPSA) is 32.9 Å². The molecule has 2 aromatic rings. The monoisotopic (exact) mass is 394 g/mol. The standard InChI is InChI=1S/C20H28ClN3OS/c1-4-23(5-2)11-7-12-24(15-18-8-6-13-25-18)20(26)22-17-9-10-19(21)16(3)14-17/h6,8-10,13-14H,4-5,7,11-12,15H2,1-3H3,(H,22,26)/p+1. The number of benzene rings is 1. The summed E-state index contributed by atoms with van der Waals surface area (Å²) in [5.74, 6) is 0.914. The molecule has 0 unspecified atom stereocenters. The number of quaternary nitrogens is 1. The number of nitrogens with zero attached hydrogens (tertiary/aromatic N) is 1. The first kappa shape index (κ1) is 20.7. The Morgan fingerprint density at radius 3 is 2.65 bits per heavy atom. The van der Waals surface area contributed by atoms with Crippen LogP contribution in [0, 0.1) is 6.92 Å². The van der Waals surface area contributed by atoms with E-state index in [-0.39, 0.29) is 0 Å². The van der Waals surface area contributed by atoms with Crippen LogP contribution in [0.15, 0.2) is 41.0 Å². The number of anilines is 1. The lowest BCUT2D eigenvalue weighted by Gasteiger charge is -2.26. The van der Waals surface area contributed by atoms with Crippen LogP contribution in [0.3, 0.4) is 0 Å². The Labute approximate surface area is 167 Å². The minimum absolute atomic E-state index is 0.666. The van der Waals surface area contributed by atoms with E-state index in [1.165, 1.54) is 0 Å². The zero-order valence-electron chi connectivity index (χ0n) is 15.8. The minimum atomic E-state index is 0.666. The summed E-state index contributed by atoms with van der Waals surface area (Å²) >= 11 is 11.8. The number of aryl methyl sites for hydroxylation is 1. The van der Waals surface area contributed by atoms with E-state index in [0.717, 1.165) is 54.6 Å². The minimum Gasteiger partial charge on any atom is -0.467 e. The van der Waals surface area contributed by atoms with Gasteiger partial charge in [0.15, 0.2) is 5.11 Å². The van der Waals surface area contributed by atoms with Gasteiger partial charge in [-0.05, 0) is 68.9 Å². The Balaban J connectivity index is 2.01. The number of halogens is 1. The SMILES string of the molecule is CC[NH+](CC)CCCN(Cc1ccco1)C(=S)Nc1ccc(Cl)c(C)c1. The molecule has 1 aromatic carbocycles. The van der Waals surface area contributed by atoms with Gasteiger partial charge < -0.3 is 19.5 Å². The van der Waals surface area contributed by atoms with Gasteiger partial charge in [0.05, 0.1) is 32.4 Å². The lowest BCUT2D eigenvalue weighted by molar-refractivity contribution is -0.896. The maximum absolute atomic E-state index is 6.11. The van der Waals surface area contributed by atoms with Crippen LogP contribution in [-0.2, 0) is 6.54 Å². The molecule has 26 heavy (non-hydrogen) atoms. The predicted octanol–water partition coefficient (Wildman–Crippen LogP) is 3.76. The Bertz CT molecular complexity index is 686. The molecule has 1 heterocycles. The second-order valence-corrected chi connectivity index (χ2v) is 7.25. The first-order valence-corrected chi connectivity index (χ1v) is 10.00. The van der Waals surface area contributed by atoms with E-state index in [1.54, 1.807) is 11.2 Å². The molecule has 0 aliphatic heterocycles. The van der Waals surface area contributed by atoms with Gasteiger partial charge in [0.1, 0.15) is 5.76 Å². The summed E-state index contributed by atoms with van der Waals surface area (Å²) in [5.41, 5.74) is 1.98. The second-order valence-electron chi connectivity index (χ2n) is 6.46. The summed E-state index contributed by atoms with van der Waals surface area (Å²) in [7, 11) is 0. The van der Waals surface area contributed by atoms with Gasteiger partial charge in [-0.3, -0.25) is 0 Å². The molecule has 0 aliphatic rings. The molecule has 0 saturated carbocycles. The van der Waals surface area contributed by atoms with Gasteiger partial charge in [-0.1, -0.05) is 11.6 Å². The lowest BCUT2D eigenvalue weighted by atomic mass is 10.2. The van der Waals surface area contributed by atoms with Crippen LogP contribution in [0.25, 0.3) is 0 Å². The van der Waals surface area contributed by atoms with Crippen LogP contribution in [0.2, 0.25) is 5.02 Å². The number of hydrogen-bond donors (Lipinski definition) is 2. The van der Waals surface area contributed by atoms with Crippen LogP contribution in [0.5, 0.6) is 0 Å². The van der Waals surface area contributed by atoms with Crippen molar-refractivity contribution in [1.29, 1.82) is 0 Å². The van der Waals surface area contributed by atoms with E-state index < -0.39 is 0 Å². The smallest absolute Gasteiger partial charge is 0.173 e. The van der Waals surface area contributed by atoms with E-state index in [4.69, 9.17) is 28.2 Å². The van der Waals surface area contributed by atoms with Crippen molar-refractivity contribution < 1.29 is 9.32 Å². The van der Waals surface area contributed by atoms with Crippen molar-refractivity contribution in [2.45, 2.75) is 33.7 Å². The Morgan fingerprint density at radius 1 is 1.27 bits per heavy atom. The fourth-order valence-corrected chi connectivity index (χ4v) is 3.28. The molecule has 4 nitrogen and oxygen atoms in total. The molecular formula is C20H29ClN3OS+. The highest BCUT2D eigenvalue weighted by atomic mass is 35.5. The quantitative estimate of drug-likeness (QED) is 0.634. The third-order valence-electron chi connectivity index (χ3n) is 4.58. The molecule has 0 atom stereocenters. The average molecular weight is 395 g/mol. The van der Waals surface area contributed by atoms with Gasteiger partial charge in [-0.2, -0.15) is 0 Å².